The van der Waals surface area contributed by atoms with Gasteiger partial charge in [-0.15, -0.1) is 0 Å². The molecule has 0 unspecified atom stereocenters. The third-order valence-corrected chi connectivity index (χ3v) is 3.55. The summed E-state index contributed by atoms with van der Waals surface area (Å²) >= 11 is 6.16. The lowest BCUT2D eigenvalue weighted by Crippen LogP contribution is -2.38. The predicted octanol–water partition coefficient (Wildman–Crippen LogP) is 2.77. The van der Waals surface area contributed by atoms with Crippen molar-refractivity contribution >= 4 is 29.5 Å². The van der Waals surface area contributed by atoms with Crippen molar-refractivity contribution in [1.82, 2.24) is 10.3 Å². The van der Waals surface area contributed by atoms with Crippen LogP contribution in [0.2, 0.25) is 5.02 Å². The van der Waals surface area contributed by atoms with E-state index < -0.39 is 11.8 Å². The number of rotatable bonds is 5. The predicted molar refractivity (Wildman–Crippen MR) is 84.5 cm³/mol. The number of esters is 1. The molecule has 5 nitrogen and oxygen atoms in total. The highest BCUT2D eigenvalue weighted by molar-refractivity contribution is 6.33. The maximum absolute atomic E-state index is 13.6. The van der Waals surface area contributed by atoms with Crippen LogP contribution in [0.5, 0.6) is 0 Å². The van der Waals surface area contributed by atoms with Crippen LogP contribution in [0.25, 0.3) is 6.08 Å². The summed E-state index contributed by atoms with van der Waals surface area (Å²) in [6.07, 6.45) is 4.66. The van der Waals surface area contributed by atoms with E-state index in [0.717, 1.165) is 32.0 Å². The molecule has 1 saturated heterocycles. The minimum Gasteiger partial charge on any atom is -0.461 e. The van der Waals surface area contributed by atoms with Crippen LogP contribution in [0.3, 0.4) is 0 Å². The summed E-state index contributed by atoms with van der Waals surface area (Å²) in [4.78, 5) is 15.4. The van der Waals surface area contributed by atoms with E-state index in [2.05, 4.69) is 20.4 Å². The van der Waals surface area contributed by atoms with E-state index in [0.29, 0.717) is 16.4 Å². The van der Waals surface area contributed by atoms with Crippen LogP contribution in [-0.4, -0.2) is 36.7 Å². The molecule has 22 heavy (non-hydrogen) atoms. The zero-order chi connectivity index (χ0) is 15.9. The second-order valence-corrected chi connectivity index (χ2v) is 5.41. The van der Waals surface area contributed by atoms with Crippen LogP contribution >= 0.6 is 11.6 Å². The van der Waals surface area contributed by atoms with E-state index in [1.807, 2.05) is 0 Å². The van der Waals surface area contributed by atoms with Gasteiger partial charge in [-0.05, 0) is 44.0 Å². The normalized spacial score (nSPS) is 18.9. The minimum absolute atomic E-state index is 0.122. The minimum atomic E-state index is -0.992. The maximum atomic E-state index is 13.6. The molecule has 1 atom stereocenters. The number of halogens is 2. The lowest BCUT2D eigenvalue weighted by atomic mass is 10.1. The summed E-state index contributed by atoms with van der Waals surface area (Å²) in [6.45, 7) is 3.62. The van der Waals surface area contributed by atoms with E-state index in [1.165, 1.54) is 6.20 Å². The van der Waals surface area contributed by atoms with E-state index in [-0.39, 0.29) is 12.6 Å². The van der Waals surface area contributed by atoms with E-state index in [9.17, 15) is 9.18 Å². The summed E-state index contributed by atoms with van der Waals surface area (Å²) in [7, 11) is 0. The van der Waals surface area contributed by atoms with Crippen LogP contribution in [0.15, 0.2) is 18.1 Å². The summed E-state index contributed by atoms with van der Waals surface area (Å²) in [5, 5.41) is 6.94. The highest BCUT2D eigenvalue weighted by Gasteiger charge is 2.15. The van der Waals surface area contributed by atoms with Crippen molar-refractivity contribution < 1.29 is 13.9 Å². The Balaban J connectivity index is 2.05. The highest BCUT2D eigenvalue weighted by atomic mass is 35.5. The molecule has 7 heteroatoms. The Morgan fingerprint density at radius 3 is 3.14 bits per heavy atom. The smallest absolute Gasteiger partial charge is 0.367 e. The Labute approximate surface area is 133 Å². The van der Waals surface area contributed by atoms with Crippen molar-refractivity contribution in [3.05, 3.63) is 28.7 Å². The number of carbonyl (C=O) groups is 1. The van der Waals surface area contributed by atoms with Gasteiger partial charge in [-0.25, -0.2) is 9.78 Å². The Morgan fingerprint density at radius 2 is 2.50 bits per heavy atom. The third kappa shape index (κ3) is 4.68. The van der Waals surface area contributed by atoms with Gasteiger partial charge in [0.05, 0.1) is 11.6 Å². The van der Waals surface area contributed by atoms with Gasteiger partial charge in [-0.2, -0.15) is 4.39 Å². The molecule has 2 heterocycles. The Kier molecular flexibility index (Phi) is 6.15. The number of nitrogens with zero attached hydrogens (tertiary/aromatic N) is 1. The number of anilines is 1. The molecule has 0 radical (unpaired) electrons. The third-order valence-electron chi connectivity index (χ3n) is 3.26. The first-order chi connectivity index (χ1) is 10.6. The van der Waals surface area contributed by atoms with Crippen LogP contribution in [0, 0.1) is 0 Å². The average molecular weight is 328 g/mol. The number of aromatic nitrogens is 1. The summed E-state index contributed by atoms with van der Waals surface area (Å²) in [5.74, 6) is -1.41. The molecule has 0 aliphatic carbocycles. The molecule has 0 amide bonds. The van der Waals surface area contributed by atoms with Crippen molar-refractivity contribution in [2.45, 2.75) is 25.8 Å². The summed E-state index contributed by atoms with van der Waals surface area (Å²) < 4.78 is 18.1. The van der Waals surface area contributed by atoms with Gasteiger partial charge in [0.15, 0.2) is 0 Å². The summed E-state index contributed by atoms with van der Waals surface area (Å²) in [5.41, 5.74) is 0.405. The summed E-state index contributed by atoms with van der Waals surface area (Å²) in [6, 6.07) is 1.84. The zero-order valence-corrected chi connectivity index (χ0v) is 13.1. The number of nitrogens with one attached hydrogen (secondary N) is 2. The Morgan fingerprint density at radius 1 is 1.68 bits per heavy atom. The fourth-order valence-corrected chi connectivity index (χ4v) is 2.44. The molecule has 0 spiro atoms. The van der Waals surface area contributed by atoms with Gasteiger partial charge in [-0.3, -0.25) is 0 Å². The number of carbonyl (C=O) groups excluding carboxylic acids is 1. The zero-order valence-electron chi connectivity index (χ0n) is 12.4. The van der Waals surface area contributed by atoms with Crippen LogP contribution in [0.1, 0.15) is 25.3 Å². The van der Waals surface area contributed by atoms with Crippen molar-refractivity contribution in [3.8, 4) is 0 Å². The second kappa shape index (κ2) is 8.10. The molecular weight excluding hydrogens is 309 g/mol. The van der Waals surface area contributed by atoms with Gasteiger partial charge < -0.3 is 15.4 Å². The quantitative estimate of drug-likeness (QED) is 0.643. The van der Waals surface area contributed by atoms with Crippen molar-refractivity contribution in [1.29, 1.82) is 0 Å². The van der Waals surface area contributed by atoms with E-state index in [4.69, 9.17) is 11.6 Å². The highest BCUT2D eigenvalue weighted by Crippen LogP contribution is 2.23. The molecule has 1 aliphatic heterocycles. The molecular formula is C15H19ClFN3O2. The fraction of sp³-hybridized carbons (Fsp3) is 0.467. The van der Waals surface area contributed by atoms with Crippen LogP contribution in [0.4, 0.5) is 10.2 Å². The number of ether oxygens (including phenoxy) is 1. The molecule has 1 aromatic heterocycles. The molecule has 1 fully saturated rings. The van der Waals surface area contributed by atoms with Crippen LogP contribution < -0.4 is 10.6 Å². The first-order valence-corrected chi connectivity index (χ1v) is 7.65. The molecule has 2 N–H and O–H groups in total. The molecule has 0 bridgehead atoms. The van der Waals surface area contributed by atoms with Gasteiger partial charge in [0.2, 0.25) is 5.83 Å². The standard InChI is InChI=1S/C15H19ClFN3O2/c1-2-22-15(21)13(17)7-10-6-12(16)14(19-8-10)20-11-4-3-5-18-9-11/h6-8,11,18H,2-5,9H2,1H3,(H,19,20)/t11-/m1/s1. The van der Waals surface area contributed by atoms with Gasteiger partial charge in [-0.1, -0.05) is 11.6 Å². The number of pyridine rings is 1. The number of hydrogen-bond donors (Lipinski definition) is 2. The molecule has 0 aromatic carbocycles. The van der Waals surface area contributed by atoms with E-state index in [1.54, 1.807) is 13.0 Å². The van der Waals surface area contributed by atoms with Gasteiger partial charge in [0.25, 0.3) is 0 Å². The Bertz CT molecular complexity index is 560. The van der Waals surface area contributed by atoms with Crippen molar-refractivity contribution in [2.24, 2.45) is 0 Å². The van der Waals surface area contributed by atoms with Gasteiger partial charge >= 0.3 is 5.97 Å². The topological polar surface area (TPSA) is 63.2 Å². The van der Waals surface area contributed by atoms with Gasteiger partial charge in [0, 0.05) is 18.8 Å². The molecule has 1 aromatic rings. The number of hydrogen-bond acceptors (Lipinski definition) is 5. The fourth-order valence-electron chi connectivity index (χ4n) is 2.21. The first-order valence-electron chi connectivity index (χ1n) is 7.27. The van der Waals surface area contributed by atoms with Crippen molar-refractivity contribution in [3.63, 3.8) is 0 Å². The average Bonchev–Trinajstić information content (AvgIpc) is 2.51. The van der Waals surface area contributed by atoms with Gasteiger partial charge in [0.1, 0.15) is 5.82 Å². The lowest BCUT2D eigenvalue weighted by Gasteiger charge is -2.24. The second-order valence-electron chi connectivity index (χ2n) is 5.00. The molecule has 1 aliphatic rings. The van der Waals surface area contributed by atoms with E-state index >= 15 is 0 Å². The van der Waals surface area contributed by atoms with Crippen molar-refractivity contribution in [2.75, 3.05) is 25.0 Å². The molecule has 120 valence electrons. The van der Waals surface area contributed by atoms with Crippen LogP contribution in [-0.2, 0) is 9.53 Å². The number of piperidine rings is 1. The first kappa shape index (κ1) is 16.7. The molecule has 2 rings (SSSR count). The largest absolute Gasteiger partial charge is 0.461 e. The molecule has 0 saturated carbocycles. The lowest BCUT2D eigenvalue weighted by molar-refractivity contribution is -0.140. The monoisotopic (exact) mass is 327 g/mol. The SMILES string of the molecule is CCOC(=O)C(F)=Cc1cnc(N[C@@H]2CCCNC2)c(Cl)c1. The Hall–Kier alpha value is -1.66. The maximum Gasteiger partial charge on any atom is 0.367 e.